The van der Waals surface area contributed by atoms with Crippen molar-refractivity contribution in [3.63, 3.8) is 0 Å². The lowest BCUT2D eigenvalue weighted by atomic mass is 9.94. The molecule has 0 aliphatic heterocycles. The van der Waals surface area contributed by atoms with Crippen molar-refractivity contribution in [3.05, 3.63) is 42.0 Å². The van der Waals surface area contributed by atoms with Gasteiger partial charge in [-0.25, -0.2) is 0 Å². The first kappa shape index (κ1) is 23.1. The molecule has 0 bridgehead atoms. The Balaban J connectivity index is 2.33. The number of carbonyl (C=O) groups is 1. The number of phenolic OH excluding ortho intramolecular Hbond substituents is 1. The van der Waals surface area contributed by atoms with Gasteiger partial charge in [0.15, 0.2) is 23.0 Å². The molecule has 0 spiro atoms. The van der Waals surface area contributed by atoms with Crippen LogP contribution in [0.15, 0.2) is 36.4 Å². The van der Waals surface area contributed by atoms with E-state index in [4.69, 9.17) is 18.9 Å². The zero-order valence-corrected chi connectivity index (χ0v) is 19.3. The summed E-state index contributed by atoms with van der Waals surface area (Å²) < 4.78 is 21.8. The van der Waals surface area contributed by atoms with Crippen molar-refractivity contribution >= 4 is 16.7 Å². The molecule has 170 valence electrons. The van der Waals surface area contributed by atoms with E-state index in [2.05, 4.69) is 0 Å². The van der Waals surface area contributed by atoms with Gasteiger partial charge >= 0.3 is 0 Å². The Hall–Kier alpha value is -3.61. The zero-order chi connectivity index (χ0) is 23.4. The quantitative estimate of drug-likeness (QED) is 0.547. The van der Waals surface area contributed by atoms with Crippen molar-refractivity contribution in [2.45, 2.75) is 13.8 Å². The molecule has 0 saturated heterocycles. The Labute approximate surface area is 188 Å². The van der Waals surface area contributed by atoms with Crippen molar-refractivity contribution in [1.82, 2.24) is 4.90 Å². The number of rotatable bonds is 8. The number of nitrogens with zero attached hydrogens (tertiary/aromatic N) is 1. The van der Waals surface area contributed by atoms with Crippen LogP contribution >= 0.6 is 0 Å². The number of aromatic hydroxyl groups is 1. The highest BCUT2D eigenvalue weighted by molar-refractivity contribution is 6.07. The predicted octanol–water partition coefficient (Wildman–Crippen LogP) is 4.73. The van der Waals surface area contributed by atoms with Gasteiger partial charge < -0.3 is 29.0 Å². The molecule has 0 aromatic heterocycles. The van der Waals surface area contributed by atoms with Crippen LogP contribution in [0, 0.1) is 0 Å². The Morgan fingerprint density at radius 2 is 1.41 bits per heavy atom. The SMILES string of the molecule is CCN(CC)C(=O)c1c(-c2ccc3cc(OC)c(OC)cc3c2O)ccc(OC)c1OC. The fourth-order valence-electron chi connectivity index (χ4n) is 3.88. The Morgan fingerprint density at radius 3 is 1.97 bits per heavy atom. The normalized spacial score (nSPS) is 10.7. The monoisotopic (exact) mass is 439 g/mol. The van der Waals surface area contributed by atoms with Gasteiger partial charge in [-0.1, -0.05) is 6.07 Å². The number of hydrogen-bond donors (Lipinski definition) is 1. The third-order valence-corrected chi connectivity index (χ3v) is 5.60. The summed E-state index contributed by atoms with van der Waals surface area (Å²) in [6.45, 7) is 4.91. The van der Waals surface area contributed by atoms with E-state index in [-0.39, 0.29) is 11.7 Å². The highest BCUT2D eigenvalue weighted by Crippen LogP contribution is 2.45. The summed E-state index contributed by atoms with van der Waals surface area (Å²) in [6, 6.07) is 10.7. The Morgan fingerprint density at radius 1 is 0.812 bits per heavy atom. The van der Waals surface area contributed by atoms with E-state index in [0.29, 0.717) is 58.2 Å². The maximum absolute atomic E-state index is 13.5. The number of phenols is 1. The van der Waals surface area contributed by atoms with Crippen molar-refractivity contribution in [1.29, 1.82) is 0 Å². The summed E-state index contributed by atoms with van der Waals surface area (Å²) in [6.07, 6.45) is 0. The molecular weight excluding hydrogens is 410 g/mol. The van der Waals surface area contributed by atoms with E-state index in [9.17, 15) is 9.90 Å². The number of hydrogen-bond acceptors (Lipinski definition) is 6. The summed E-state index contributed by atoms with van der Waals surface area (Å²) in [4.78, 5) is 15.2. The lowest BCUT2D eigenvalue weighted by Crippen LogP contribution is -2.31. The third kappa shape index (κ3) is 3.86. The van der Waals surface area contributed by atoms with Gasteiger partial charge in [-0.2, -0.15) is 0 Å². The standard InChI is InChI=1S/C25H29NO6/c1-7-26(8-2)25(28)22-16(11-12-19(29-3)24(22)32-6)17-10-9-15-13-20(30-4)21(31-5)14-18(15)23(17)27/h9-14,27H,7-8H2,1-6H3. The topological polar surface area (TPSA) is 77.5 Å². The number of carbonyl (C=O) groups excluding carboxylic acids is 1. The minimum atomic E-state index is -0.201. The molecule has 7 heteroatoms. The average molecular weight is 440 g/mol. The van der Waals surface area contributed by atoms with Crippen LogP contribution in [0.4, 0.5) is 0 Å². The van der Waals surface area contributed by atoms with Crippen molar-refractivity contribution in [3.8, 4) is 39.9 Å². The molecule has 0 aliphatic rings. The van der Waals surface area contributed by atoms with E-state index >= 15 is 0 Å². The molecule has 0 radical (unpaired) electrons. The largest absolute Gasteiger partial charge is 0.507 e. The van der Waals surface area contributed by atoms with Crippen LogP contribution in [0.2, 0.25) is 0 Å². The number of benzene rings is 3. The van der Waals surface area contributed by atoms with E-state index in [0.717, 1.165) is 5.39 Å². The average Bonchev–Trinajstić information content (AvgIpc) is 2.83. The van der Waals surface area contributed by atoms with E-state index in [1.165, 1.54) is 14.2 Å². The molecule has 0 atom stereocenters. The van der Waals surface area contributed by atoms with Crippen LogP contribution in [-0.4, -0.2) is 57.4 Å². The van der Waals surface area contributed by atoms with Crippen LogP contribution in [0.3, 0.4) is 0 Å². The van der Waals surface area contributed by atoms with Crippen LogP contribution in [0.25, 0.3) is 21.9 Å². The van der Waals surface area contributed by atoms with Crippen molar-refractivity contribution in [2.75, 3.05) is 41.5 Å². The molecule has 0 heterocycles. The molecular formula is C25H29NO6. The van der Waals surface area contributed by atoms with Crippen LogP contribution < -0.4 is 18.9 Å². The van der Waals surface area contributed by atoms with E-state index in [1.54, 1.807) is 49.5 Å². The first-order valence-electron chi connectivity index (χ1n) is 10.4. The lowest BCUT2D eigenvalue weighted by Gasteiger charge is -2.23. The summed E-state index contributed by atoms with van der Waals surface area (Å²) in [7, 11) is 6.13. The second kappa shape index (κ2) is 9.68. The second-order valence-electron chi connectivity index (χ2n) is 7.09. The summed E-state index contributed by atoms with van der Waals surface area (Å²) >= 11 is 0. The molecule has 0 fully saturated rings. The molecule has 0 aliphatic carbocycles. The molecule has 0 saturated carbocycles. The fourth-order valence-corrected chi connectivity index (χ4v) is 3.88. The van der Waals surface area contributed by atoms with Gasteiger partial charge in [-0.3, -0.25) is 4.79 Å². The van der Waals surface area contributed by atoms with E-state index < -0.39 is 0 Å². The van der Waals surface area contributed by atoms with Gasteiger partial charge in [0.05, 0.1) is 34.0 Å². The molecule has 3 aromatic carbocycles. The molecule has 1 amide bonds. The molecule has 32 heavy (non-hydrogen) atoms. The van der Waals surface area contributed by atoms with Crippen LogP contribution in [0.5, 0.6) is 28.7 Å². The minimum Gasteiger partial charge on any atom is -0.507 e. The number of fused-ring (bicyclic) bond motifs is 1. The molecule has 1 N–H and O–H groups in total. The fraction of sp³-hybridized carbons (Fsp3) is 0.320. The number of amides is 1. The summed E-state index contributed by atoms with van der Waals surface area (Å²) in [5.41, 5.74) is 1.39. The molecule has 3 rings (SSSR count). The summed E-state index contributed by atoms with van der Waals surface area (Å²) in [5, 5.41) is 12.6. The van der Waals surface area contributed by atoms with Gasteiger partial charge in [0.1, 0.15) is 5.75 Å². The number of methoxy groups -OCH3 is 4. The minimum absolute atomic E-state index is 0.0317. The molecule has 0 unspecified atom stereocenters. The van der Waals surface area contributed by atoms with Crippen molar-refractivity contribution < 1.29 is 28.8 Å². The van der Waals surface area contributed by atoms with Gasteiger partial charge in [0.25, 0.3) is 5.91 Å². The number of ether oxygens (including phenoxy) is 4. The van der Waals surface area contributed by atoms with Crippen molar-refractivity contribution in [2.24, 2.45) is 0 Å². The predicted molar refractivity (Wildman–Crippen MR) is 125 cm³/mol. The zero-order valence-electron chi connectivity index (χ0n) is 19.3. The maximum atomic E-state index is 13.5. The smallest absolute Gasteiger partial charge is 0.258 e. The first-order valence-corrected chi connectivity index (χ1v) is 10.4. The van der Waals surface area contributed by atoms with Crippen LogP contribution in [-0.2, 0) is 0 Å². The van der Waals surface area contributed by atoms with Gasteiger partial charge in [-0.05, 0) is 49.6 Å². The molecule has 7 nitrogen and oxygen atoms in total. The van der Waals surface area contributed by atoms with Crippen LogP contribution in [0.1, 0.15) is 24.2 Å². The molecule has 3 aromatic rings. The maximum Gasteiger partial charge on any atom is 0.258 e. The second-order valence-corrected chi connectivity index (χ2v) is 7.09. The Kier molecular flexibility index (Phi) is 6.98. The van der Waals surface area contributed by atoms with E-state index in [1.807, 2.05) is 19.9 Å². The lowest BCUT2D eigenvalue weighted by molar-refractivity contribution is 0.0769. The first-order chi connectivity index (χ1) is 15.4. The van der Waals surface area contributed by atoms with Gasteiger partial charge in [0.2, 0.25) is 0 Å². The van der Waals surface area contributed by atoms with Gasteiger partial charge in [0, 0.05) is 29.6 Å². The Bertz CT molecular complexity index is 1140. The highest BCUT2D eigenvalue weighted by atomic mass is 16.5. The third-order valence-electron chi connectivity index (χ3n) is 5.60. The highest BCUT2D eigenvalue weighted by Gasteiger charge is 2.27. The van der Waals surface area contributed by atoms with Gasteiger partial charge in [-0.15, -0.1) is 0 Å². The summed E-state index contributed by atoms with van der Waals surface area (Å²) in [5.74, 6) is 1.67.